The van der Waals surface area contributed by atoms with Crippen molar-refractivity contribution in [2.45, 2.75) is 19.3 Å². The summed E-state index contributed by atoms with van der Waals surface area (Å²) in [6, 6.07) is 15.6. The van der Waals surface area contributed by atoms with Crippen LogP contribution in [0.5, 0.6) is 0 Å². The van der Waals surface area contributed by atoms with Gasteiger partial charge < -0.3 is 5.32 Å². The highest BCUT2D eigenvalue weighted by Gasteiger charge is 2.15. The van der Waals surface area contributed by atoms with Gasteiger partial charge in [-0.3, -0.25) is 9.89 Å². The summed E-state index contributed by atoms with van der Waals surface area (Å²) in [4.78, 5) is 12.6. The number of H-pyrrole nitrogens is 1. The molecule has 0 fully saturated rings. The first-order valence-electron chi connectivity index (χ1n) is 9.15. The molecule has 4 rings (SSSR count). The van der Waals surface area contributed by atoms with E-state index in [4.69, 9.17) is 0 Å². The zero-order valence-electron chi connectivity index (χ0n) is 15.0. The molecule has 27 heavy (non-hydrogen) atoms. The first-order chi connectivity index (χ1) is 13.3. The lowest BCUT2D eigenvalue weighted by Crippen LogP contribution is -2.12. The lowest BCUT2D eigenvalue weighted by atomic mass is 10.0. The van der Waals surface area contributed by atoms with Crippen LogP contribution in [0, 0.1) is 0 Å². The molecule has 1 amide bonds. The van der Waals surface area contributed by atoms with Crippen LogP contribution in [0.15, 0.2) is 84.5 Å². The van der Waals surface area contributed by atoms with Crippen molar-refractivity contribution in [3.8, 4) is 0 Å². The van der Waals surface area contributed by atoms with E-state index in [1.165, 1.54) is 11.1 Å². The van der Waals surface area contributed by atoms with Crippen LogP contribution >= 0.6 is 0 Å². The summed E-state index contributed by atoms with van der Waals surface area (Å²) in [5, 5.41) is 10.9. The molecule has 134 valence electrons. The molecule has 3 aromatic rings. The molecular weight excluding hydrogens is 334 g/mol. The monoisotopic (exact) mass is 355 g/mol. The van der Waals surface area contributed by atoms with Crippen molar-refractivity contribution in [2.24, 2.45) is 0 Å². The van der Waals surface area contributed by atoms with Gasteiger partial charge in [0, 0.05) is 11.1 Å². The Labute approximate surface area is 158 Å². The summed E-state index contributed by atoms with van der Waals surface area (Å²) in [5.74, 6) is -0.204. The van der Waals surface area contributed by atoms with Gasteiger partial charge in [-0.05, 0) is 54.7 Å². The smallest absolute Gasteiger partial charge is 0.276 e. The molecule has 0 saturated heterocycles. The second-order valence-electron chi connectivity index (χ2n) is 6.58. The largest absolute Gasteiger partial charge is 0.321 e. The van der Waals surface area contributed by atoms with Crippen LogP contribution in [-0.2, 0) is 6.42 Å². The number of benzene rings is 2. The van der Waals surface area contributed by atoms with Gasteiger partial charge in [-0.15, -0.1) is 0 Å². The zero-order valence-corrected chi connectivity index (χ0v) is 15.0. The summed E-state index contributed by atoms with van der Waals surface area (Å²) in [7, 11) is 0. The second-order valence-corrected chi connectivity index (χ2v) is 6.58. The van der Waals surface area contributed by atoms with Crippen molar-refractivity contribution in [2.75, 3.05) is 5.32 Å². The average molecular weight is 355 g/mol. The van der Waals surface area contributed by atoms with E-state index in [9.17, 15) is 4.79 Å². The number of aromatic nitrogens is 2. The number of anilines is 1. The lowest BCUT2D eigenvalue weighted by molar-refractivity contribution is 0.102. The van der Waals surface area contributed by atoms with E-state index in [1.54, 1.807) is 0 Å². The maximum Gasteiger partial charge on any atom is 0.276 e. The molecule has 0 spiro atoms. The highest BCUT2D eigenvalue weighted by molar-refractivity contribution is 6.11. The average Bonchev–Trinajstić information content (AvgIpc) is 2.94. The van der Waals surface area contributed by atoms with E-state index in [0.29, 0.717) is 5.69 Å². The second kappa shape index (κ2) is 7.87. The molecule has 4 nitrogen and oxygen atoms in total. The first-order valence-corrected chi connectivity index (χ1v) is 9.15. The quantitative estimate of drug-likeness (QED) is 0.662. The molecule has 0 aliphatic heterocycles. The predicted octanol–water partition coefficient (Wildman–Crippen LogP) is 5.19. The van der Waals surface area contributed by atoms with Gasteiger partial charge in [-0.25, -0.2) is 0 Å². The SMILES string of the molecule is O=C(Nc1ccccc1)c1n[nH]c2ccc(CCC3=CC=CCC=C3)cc12. The molecule has 0 radical (unpaired) electrons. The van der Waals surface area contributed by atoms with E-state index in [2.05, 4.69) is 58.0 Å². The highest BCUT2D eigenvalue weighted by Crippen LogP contribution is 2.21. The molecule has 2 aromatic carbocycles. The number of rotatable bonds is 5. The van der Waals surface area contributed by atoms with Gasteiger partial charge in [0.15, 0.2) is 5.69 Å². The van der Waals surface area contributed by atoms with Crippen LogP contribution in [0.3, 0.4) is 0 Å². The number of nitrogens with zero attached hydrogens (tertiary/aromatic N) is 1. The molecule has 1 aliphatic carbocycles. The Bertz CT molecular complexity index is 1040. The number of aromatic amines is 1. The predicted molar refractivity (Wildman–Crippen MR) is 110 cm³/mol. The number of carbonyl (C=O) groups is 1. The fourth-order valence-electron chi connectivity index (χ4n) is 3.18. The fraction of sp³-hybridized carbons (Fsp3) is 0.130. The molecule has 0 atom stereocenters. The standard InChI is InChI=1S/C23H21N3O/c27-23(24-19-10-6-3-7-11-19)22-20-16-18(14-15-21(20)25-26-22)13-12-17-8-4-1-2-5-9-17/h1,3-11,14-16H,2,12-13H2,(H,24,27)(H,25,26). The molecule has 1 heterocycles. The minimum absolute atomic E-state index is 0.204. The number of hydrogen-bond donors (Lipinski definition) is 2. The Morgan fingerprint density at radius 3 is 2.85 bits per heavy atom. The van der Waals surface area contributed by atoms with Gasteiger partial charge in [-0.2, -0.15) is 5.10 Å². The van der Waals surface area contributed by atoms with Crippen LogP contribution in [0.2, 0.25) is 0 Å². The number of carbonyl (C=O) groups excluding carboxylic acids is 1. The summed E-state index contributed by atoms with van der Waals surface area (Å²) < 4.78 is 0. The van der Waals surface area contributed by atoms with E-state index in [1.807, 2.05) is 36.4 Å². The highest BCUT2D eigenvalue weighted by atomic mass is 16.1. The Morgan fingerprint density at radius 1 is 1.07 bits per heavy atom. The van der Waals surface area contributed by atoms with Crippen molar-refractivity contribution in [1.29, 1.82) is 0 Å². The van der Waals surface area contributed by atoms with Gasteiger partial charge in [0.1, 0.15) is 0 Å². The summed E-state index contributed by atoms with van der Waals surface area (Å²) >= 11 is 0. The number of para-hydroxylation sites is 1. The van der Waals surface area contributed by atoms with Crippen LogP contribution in [0.1, 0.15) is 28.9 Å². The van der Waals surface area contributed by atoms with E-state index in [0.717, 1.165) is 35.9 Å². The van der Waals surface area contributed by atoms with Crippen molar-refractivity contribution in [3.63, 3.8) is 0 Å². The van der Waals surface area contributed by atoms with Crippen molar-refractivity contribution >= 4 is 22.5 Å². The summed E-state index contributed by atoms with van der Waals surface area (Å²) in [6.07, 6.45) is 13.7. The number of hydrogen-bond acceptors (Lipinski definition) is 2. The number of aryl methyl sites for hydroxylation is 1. The van der Waals surface area contributed by atoms with Crippen LogP contribution < -0.4 is 5.32 Å². The molecule has 0 unspecified atom stereocenters. The van der Waals surface area contributed by atoms with E-state index in [-0.39, 0.29) is 5.91 Å². The topological polar surface area (TPSA) is 57.8 Å². The molecule has 1 aliphatic rings. The zero-order chi connectivity index (χ0) is 18.5. The minimum atomic E-state index is -0.204. The fourth-order valence-corrected chi connectivity index (χ4v) is 3.18. The molecule has 0 bridgehead atoms. The number of allylic oxidation sites excluding steroid dienone is 6. The Balaban J connectivity index is 1.53. The van der Waals surface area contributed by atoms with Crippen molar-refractivity contribution < 1.29 is 4.79 Å². The third-order valence-corrected chi connectivity index (χ3v) is 4.63. The van der Waals surface area contributed by atoms with Crippen LogP contribution in [-0.4, -0.2) is 16.1 Å². The van der Waals surface area contributed by atoms with E-state index >= 15 is 0 Å². The van der Waals surface area contributed by atoms with Crippen molar-refractivity contribution in [3.05, 3.63) is 95.7 Å². The maximum atomic E-state index is 12.6. The maximum absolute atomic E-state index is 12.6. The summed E-state index contributed by atoms with van der Waals surface area (Å²) in [6.45, 7) is 0. The van der Waals surface area contributed by atoms with Gasteiger partial charge >= 0.3 is 0 Å². The Morgan fingerprint density at radius 2 is 1.96 bits per heavy atom. The number of amides is 1. The molecule has 1 aromatic heterocycles. The number of nitrogens with one attached hydrogen (secondary N) is 2. The Hall–Kier alpha value is -3.40. The first kappa shape index (κ1) is 17.0. The van der Waals surface area contributed by atoms with Crippen LogP contribution in [0.25, 0.3) is 10.9 Å². The van der Waals surface area contributed by atoms with E-state index < -0.39 is 0 Å². The third kappa shape index (κ3) is 4.06. The molecule has 2 N–H and O–H groups in total. The number of fused-ring (bicyclic) bond motifs is 1. The van der Waals surface area contributed by atoms with Gasteiger partial charge in [0.05, 0.1) is 5.52 Å². The normalized spacial score (nSPS) is 13.4. The van der Waals surface area contributed by atoms with Gasteiger partial charge in [-0.1, -0.05) is 54.6 Å². The molecule has 4 heteroatoms. The molecular formula is C23H21N3O. The van der Waals surface area contributed by atoms with Crippen LogP contribution in [0.4, 0.5) is 5.69 Å². The minimum Gasteiger partial charge on any atom is -0.321 e. The van der Waals surface area contributed by atoms with Crippen molar-refractivity contribution in [1.82, 2.24) is 10.2 Å². The summed E-state index contributed by atoms with van der Waals surface area (Å²) in [5.41, 5.74) is 4.56. The Kier molecular flexibility index (Phi) is 4.97. The molecule has 0 saturated carbocycles. The van der Waals surface area contributed by atoms with Gasteiger partial charge in [0.2, 0.25) is 0 Å². The van der Waals surface area contributed by atoms with Gasteiger partial charge in [0.25, 0.3) is 5.91 Å². The lowest BCUT2D eigenvalue weighted by Gasteiger charge is -2.05. The third-order valence-electron chi connectivity index (χ3n) is 4.63.